The van der Waals surface area contributed by atoms with Gasteiger partial charge in [-0.2, -0.15) is 0 Å². The lowest BCUT2D eigenvalue weighted by Crippen LogP contribution is -2.32. The van der Waals surface area contributed by atoms with Gasteiger partial charge in [-0.3, -0.25) is 9.59 Å². The van der Waals surface area contributed by atoms with Crippen LogP contribution in [0.1, 0.15) is 69.1 Å². The van der Waals surface area contributed by atoms with Crippen LogP contribution in [0.3, 0.4) is 0 Å². The first-order valence-electron chi connectivity index (χ1n) is 15.3. The van der Waals surface area contributed by atoms with E-state index in [-0.39, 0.29) is 37.3 Å². The van der Waals surface area contributed by atoms with Gasteiger partial charge >= 0.3 is 12.2 Å². The highest BCUT2D eigenvalue weighted by atomic mass is 16.6. The van der Waals surface area contributed by atoms with Crippen molar-refractivity contribution in [3.63, 3.8) is 0 Å². The first-order chi connectivity index (χ1) is 21.6. The van der Waals surface area contributed by atoms with Crippen LogP contribution in [0.25, 0.3) is 11.1 Å². The summed E-state index contributed by atoms with van der Waals surface area (Å²) in [6, 6.07) is 23.4. The van der Waals surface area contributed by atoms with Crippen molar-refractivity contribution in [2.45, 2.75) is 64.5 Å². The lowest BCUT2D eigenvalue weighted by Gasteiger charge is -2.19. The predicted octanol–water partition coefficient (Wildman–Crippen LogP) is 5.87. The van der Waals surface area contributed by atoms with E-state index in [0.717, 1.165) is 12.0 Å². The number of benzene rings is 3. The molecule has 0 saturated carbocycles. The van der Waals surface area contributed by atoms with Gasteiger partial charge in [-0.25, -0.2) is 9.59 Å². The van der Waals surface area contributed by atoms with E-state index in [2.05, 4.69) is 45.5 Å². The Labute approximate surface area is 264 Å². The topological polar surface area (TPSA) is 135 Å². The molecule has 0 saturated heterocycles. The Hall–Kier alpha value is -4.86. The smallest absolute Gasteiger partial charge is 0.407 e. The minimum atomic E-state index is -0.569. The number of rotatable bonds is 13. The van der Waals surface area contributed by atoms with Gasteiger partial charge in [-0.15, -0.1) is 0 Å². The molecule has 0 aromatic heterocycles. The zero-order valence-corrected chi connectivity index (χ0v) is 26.1. The van der Waals surface area contributed by atoms with E-state index >= 15 is 0 Å². The third-order valence-corrected chi connectivity index (χ3v) is 7.21. The fourth-order valence-corrected chi connectivity index (χ4v) is 5.09. The van der Waals surface area contributed by atoms with E-state index < -0.39 is 17.8 Å². The molecular formula is C35H42N4O6. The second-order valence-corrected chi connectivity index (χ2v) is 11.9. The second-order valence-electron chi connectivity index (χ2n) is 11.9. The van der Waals surface area contributed by atoms with Crippen molar-refractivity contribution in [1.29, 1.82) is 0 Å². The van der Waals surface area contributed by atoms with Crippen molar-refractivity contribution in [2.75, 3.05) is 25.0 Å². The Morgan fingerprint density at radius 2 is 1.36 bits per heavy atom. The summed E-state index contributed by atoms with van der Waals surface area (Å²) in [7, 11) is 0. The number of amides is 4. The lowest BCUT2D eigenvalue weighted by atomic mass is 9.98. The summed E-state index contributed by atoms with van der Waals surface area (Å²) in [4.78, 5) is 48.5. The van der Waals surface area contributed by atoms with Crippen molar-refractivity contribution >= 4 is 29.7 Å². The molecule has 1 aliphatic rings. The maximum Gasteiger partial charge on any atom is 0.407 e. The molecule has 3 aromatic carbocycles. The maximum absolute atomic E-state index is 12.3. The summed E-state index contributed by atoms with van der Waals surface area (Å²) in [6.07, 6.45) is 1.43. The first-order valence-corrected chi connectivity index (χ1v) is 15.3. The molecule has 3 aromatic rings. The molecule has 4 rings (SSSR count). The second kappa shape index (κ2) is 15.7. The number of carbonyl (C=O) groups excluding carboxylic acids is 4. The number of nitrogens with one attached hydrogen (secondary N) is 4. The number of ether oxygens (including phenoxy) is 2. The zero-order valence-electron chi connectivity index (χ0n) is 26.1. The molecule has 45 heavy (non-hydrogen) atoms. The summed E-state index contributed by atoms with van der Waals surface area (Å²) in [5.41, 5.74) is 5.57. The fraction of sp³-hybridized carbons (Fsp3) is 0.371. The molecule has 0 aliphatic heterocycles. The molecule has 0 heterocycles. The Bertz CT molecular complexity index is 1440. The van der Waals surface area contributed by atoms with Crippen LogP contribution in [0.5, 0.6) is 0 Å². The van der Waals surface area contributed by atoms with Crippen molar-refractivity contribution in [3.8, 4) is 11.1 Å². The molecule has 0 bridgehead atoms. The molecule has 0 atom stereocenters. The zero-order chi connectivity index (χ0) is 32.2. The maximum atomic E-state index is 12.3. The summed E-state index contributed by atoms with van der Waals surface area (Å²) >= 11 is 0. The van der Waals surface area contributed by atoms with Crippen LogP contribution in [0.15, 0.2) is 72.8 Å². The molecule has 10 nitrogen and oxygen atoms in total. The van der Waals surface area contributed by atoms with Crippen molar-refractivity contribution in [3.05, 3.63) is 89.5 Å². The third kappa shape index (κ3) is 10.4. The van der Waals surface area contributed by atoms with Crippen LogP contribution in [0, 0.1) is 0 Å². The van der Waals surface area contributed by atoms with Crippen LogP contribution < -0.4 is 21.3 Å². The molecule has 1 aliphatic carbocycles. The number of carbonyl (C=O) groups is 4. The molecule has 4 amide bonds. The number of hydrogen-bond donors (Lipinski definition) is 4. The van der Waals surface area contributed by atoms with Gasteiger partial charge in [0.2, 0.25) is 11.8 Å². The highest BCUT2D eigenvalue weighted by Crippen LogP contribution is 2.44. The van der Waals surface area contributed by atoms with E-state index in [1.807, 2.05) is 24.3 Å². The van der Waals surface area contributed by atoms with Crippen molar-refractivity contribution in [1.82, 2.24) is 16.0 Å². The monoisotopic (exact) mass is 614 g/mol. The average molecular weight is 615 g/mol. The van der Waals surface area contributed by atoms with Gasteiger partial charge in [-0.05, 0) is 73.6 Å². The summed E-state index contributed by atoms with van der Waals surface area (Å²) < 4.78 is 10.8. The molecular weight excluding hydrogens is 572 g/mol. The Morgan fingerprint density at radius 3 is 2.00 bits per heavy atom. The van der Waals surface area contributed by atoms with Crippen LogP contribution in [-0.2, 0) is 25.6 Å². The highest BCUT2D eigenvalue weighted by Gasteiger charge is 2.29. The van der Waals surface area contributed by atoms with Crippen LogP contribution in [-0.4, -0.2) is 49.3 Å². The first kappa shape index (κ1) is 33.0. The van der Waals surface area contributed by atoms with Crippen molar-refractivity contribution < 1.29 is 28.7 Å². The molecule has 0 unspecified atom stereocenters. The number of anilines is 1. The molecule has 10 heteroatoms. The summed E-state index contributed by atoms with van der Waals surface area (Å²) in [5, 5.41) is 10.8. The quantitative estimate of drug-likeness (QED) is 0.178. The number of alkyl carbamates (subject to hydrolysis) is 2. The normalized spacial score (nSPS) is 12.0. The van der Waals surface area contributed by atoms with E-state index in [1.54, 1.807) is 45.0 Å². The predicted molar refractivity (Wildman–Crippen MR) is 173 cm³/mol. The Balaban J connectivity index is 1.04. The molecule has 0 radical (unpaired) electrons. The van der Waals surface area contributed by atoms with Gasteiger partial charge < -0.3 is 30.7 Å². The minimum Gasteiger partial charge on any atom is -0.449 e. The standard InChI is InChI=1S/C35H42N4O6/c1-35(2,3)45-34(43)38-21-24-16-18-25(19-17-24)39-32(41)22-37-31(40)15-5-4-10-20-36-33(42)44-23-30-28-13-8-6-11-26(28)27-12-7-9-14-29(27)30/h6-9,11-14,16-19,30H,4-5,10,15,20-23H2,1-3H3,(H,36,42)(H,37,40)(H,38,43)(H,39,41). The van der Waals surface area contributed by atoms with E-state index in [9.17, 15) is 19.2 Å². The van der Waals surface area contributed by atoms with Gasteiger partial charge in [0.1, 0.15) is 12.2 Å². The number of fused-ring (bicyclic) bond motifs is 3. The average Bonchev–Trinajstić information content (AvgIpc) is 3.33. The van der Waals surface area contributed by atoms with Crippen LogP contribution >= 0.6 is 0 Å². The summed E-state index contributed by atoms with van der Waals surface area (Å²) in [6.45, 7) is 6.27. The SMILES string of the molecule is CC(C)(C)OC(=O)NCc1ccc(NC(=O)CNC(=O)CCCCCNC(=O)OCC2c3ccccc3-c3ccccc32)cc1. The van der Waals surface area contributed by atoms with Gasteiger partial charge in [0.15, 0.2) is 0 Å². The molecule has 4 N–H and O–H groups in total. The van der Waals surface area contributed by atoms with E-state index in [0.29, 0.717) is 31.6 Å². The molecule has 0 fully saturated rings. The Kier molecular flexibility index (Phi) is 11.6. The van der Waals surface area contributed by atoms with Gasteiger partial charge in [0.25, 0.3) is 0 Å². The highest BCUT2D eigenvalue weighted by molar-refractivity contribution is 5.94. The lowest BCUT2D eigenvalue weighted by molar-refractivity contribution is -0.124. The molecule has 238 valence electrons. The van der Waals surface area contributed by atoms with E-state index in [4.69, 9.17) is 9.47 Å². The Morgan fingerprint density at radius 1 is 0.711 bits per heavy atom. The molecule has 0 spiro atoms. The van der Waals surface area contributed by atoms with Crippen LogP contribution in [0.4, 0.5) is 15.3 Å². The van der Waals surface area contributed by atoms with Crippen molar-refractivity contribution in [2.24, 2.45) is 0 Å². The largest absolute Gasteiger partial charge is 0.449 e. The number of hydrogen-bond acceptors (Lipinski definition) is 6. The summed E-state index contributed by atoms with van der Waals surface area (Å²) in [5.74, 6) is -0.530. The van der Waals surface area contributed by atoms with Crippen LogP contribution in [0.2, 0.25) is 0 Å². The minimum absolute atomic E-state index is 0.0177. The number of unbranched alkanes of at least 4 members (excludes halogenated alkanes) is 2. The van der Waals surface area contributed by atoms with E-state index in [1.165, 1.54) is 22.3 Å². The van der Waals surface area contributed by atoms with Gasteiger partial charge in [-0.1, -0.05) is 67.1 Å². The van der Waals surface area contributed by atoms with Gasteiger partial charge in [0, 0.05) is 31.1 Å². The fourth-order valence-electron chi connectivity index (χ4n) is 5.09. The van der Waals surface area contributed by atoms with Gasteiger partial charge in [0.05, 0.1) is 6.54 Å². The third-order valence-electron chi connectivity index (χ3n) is 7.21.